The van der Waals surface area contributed by atoms with Crippen molar-refractivity contribution >= 4 is 47.2 Å². The minimum Gasteiger partial charge on any atom is -0.355 e. The van der Waals surface area contributed by atoms with Crippen LogP contribution in [0.1, 0.15) is 18.2 Å². The third kappa shape index (κ3) is 8.04. The zero-order valence-corrected chi connectivity index (χ0v) is 14.4. The molecule has 1 amide bonds. The molecule has 1 rings (SSSR count). The van der Waals surface area contributed by atoms with Crippen molar-refractivity contribution < 1.29 is 4.79 Å². The van der Waals surface area contributed by atoms with Crippen LogP contribution in [0.4, 0.5) is 0 Å². The zero-order valence-electron chi connectivity index (χ0n) is 11.2. The van der Waals surface area contributed by atoms with Crippen molar-refractivity contribution in [3.63, 3.8) is 0 Å². The van der Waals surface area contributed by atoms with Crippen LogP contribution in [-0.2, 0) is 11.3 Å². The van der Waals surface area contributed by atoms with E-state index in [1.807, 2.05) is 18.4 Å². The van der Waals surface area contributed by atoms with Crippen LogP contribution in [0.15, 0.2) is 22.5 Å². The number of nitrogens with zero attached hydrogens (tertiary/aromatic N) is 1. The highest BCUT2D eigenvalue weighted by Gasteiger charge is 2.02. The van der Waals surface area contributed by atoms with Crippen LogP contribution in [0, 0.1) is 0 Å². The topological polar surface area (TPSA) is 65.5 Å². The van der Waals surface area contributed by atoms with Crippen LogP contribution in [0.5, 0.6) is 0 Å². The van der Waals surface area contributed by atoms with Crippen molar-refractivity contribution in [2.75, 3.05) is 20.1 Å². The summed E-state index contributed by atoms with van der Waals surface area (Å²) in [7, 11) is 1.69. The monoisotopic (exact) mass is 396 g/mol. The minimum absolute atomic E-state index is 0. The second-order valence-corrected chi connectivity index (χ2v) is 4.74. The van der Waals surface area contributed by atoms with Crippen LogP contribution in [0.2, 0.25) is 0 Å². The summed E-state index contributed by atoms with van der Waals surface area (Å²) in [6.45, 7) is 3.69. The summed E-state index contributed by atoms with van der Waals surface area (Å²) < 4.78 is 0. The number of carbonyl (C=O) groups excluding carboxylic acids is 1. The number of hydrogen-bond acceptors (Lipinski definition) is 3. The maximum absolute atomic E-state index is 11.4. The summed E-state index contributed by atoms with van der Waals surface area (Å²) in [4.78, 5) is 16.7. The van der Waals surface area contributed by atoms with Gasteiger partial charge < -0.3 is 16.0 Å². The molecule has 0 unspecified atom stereocenters. The second kappa shape index (κ2) is 11.0. The number of thiophene rings is 1. The van der Waals surface area contributed by atoms with Gasteiger partial charge in [-0.1, -0.05) is 13.0 Å². The Morgan fingerprint density at radius 1 is 1.37 bits per heavy atom. The Labute approximate surface area is 135 Å². The van der Waals surface area contributed by atoms with Crippen molar-refractivity contribution in [1.82, 2.24) is 16.0 Å². The number of carbonyl (C=O) groups is 1. The molecule has 108 valence electrons. The lowest BCUT2D eigenvalue weighted by molar-refractivity contribution is -0.120. The predicted molar refractivity (Wildman–Crippen MR) is 91.2 cm³/mol. The highest BCUT2D eigenvalue weighted by Crippen LogP contribution is 2.06. The molecule has 0 saturated carbocycles. The van der Waals surface area contributed by atoms with Gasteiger partial charge in [0.2, 0.25) is 5.91 Å². The van der Waals surface area contributed by atoms with E-state index >= 15 is 0 Å². The fourth-order valence-electron chi connectivity index (χ4n) is 1.30. The third-order valence-corrected chi connectivity index (χ3v) is 3.10. The highest BCUT2D eigenvalue weighted by atomic mass is 127. The number of nitrogens with one attached hydrogen (secondary N) is 3. The van der Waals surface area contributed by atoms with Gasteiger partial charge in [-0.3, -0.25) is 9.79 Å². The van der Waals surface area contributed by atoms with Crippen LogP contribution in [0.25, 0.3) is 0 Å². The van der Waals surface area contributed by atoms with E-state index in [1.165, 1.54) is 4.88 Å². The number of hydrogen-bond donors (Lipinski definition) is 3. The van der Waals surface area contributed by atoms with E-state index in [0.29, 0.717) is 19.0 Å². The van der Waals surface area contributed by atoms with Gasteiger partial charge in [0, 0.05) is 18.5 Å². The van der Waals surface area contributed by atoms with Gasteiger partial charge in [-0.05, 0) is 17.9 Å². The molecule has 0 atom stereocenters. The van der Waals surface area contributed by atoms with Crippen molar-refractivity contribution in [3.05, 3.63) is 22.4 Å². The summed E-state index contributed by atoms with van der Waals surface area (Å²) in [6, 6.07) is 4.06. The molecule has 1 aromatic rings. The SMILES string of the molecule is CCCNC(=O)CNC(=NC)NCc1cccs1.I. The Hall–Kier alpha value is -0.830. The number of halogens is 1. The predicted octanol–water partition coefficient (Wildman–Crippen LogP) is 1.56. The van der Waals surface area contributed by atoms with Crippen molar-refractivity contribution in [2.24, 2.45) is 4.99 Å². The van der Waals surface area contributed by atoms with E-state index in [9.17, 15) is 4.79 Å². The molecule has 0 aromatic carbocycles. The van der Waals surface area contributed by atoms with Crippen molar-refractivity contribution in [1.29, 1.82) is 0 Å². The van der Waals surface area contributed by atoms with Crippen LogP contribution >= 0.6 is 35.3 Å². The fourth-order valence-corrected chi connectivity index (χ4v) is 1.94. The average Bonchev–Trinajstić information content (AvgIpc) is 2.89. The lowest BCUT2D eigenvalue weighted by atomic mass is 10.4. The lowest BCUT2D eigenvalue weighted by Gasteiger charge is -2.11. The standard InChI is InChI=1S/C12H20N4OS.HI/c1-3-6-14-11(17)9-16-12(13-2)15-8-10-5-4-7-18-10;/h4-5,7H,3,6,8-9H2,1-2H3,(H,14,17)(H2,13,15,16);1H. The molecule has 0 aliphatic heterocycles. The molecular weight excluding hydrogens is 375 g/mol. The molecule has 19 heavy (non-hydrogen) atoms. The molecule has 0 bridgehead atoms. The molecule has 0 radical (unpaired) electrons. The Bertz CT molecular complexity index is 381. The first-order chi connectivity index (χ1) is 8.76. The molecule has 3 N–H and O–H groups in total. The zero-order chi connectivity index (χ0) is 13.2. The quantitative estimate of drug-likeness (QED) is 0.389. The van der Waals surface area contributed by atoms with Crippen LogP contribution in [-0.4, -0.2) is 32.0 Å². The number of aliphatic imine (C=N–C) groups is 1. The summed E-state index contributed by atoms with van der Waals surface area (Å²) in [5, 5.41) is 11.0. The largest absolute Gasteiger partial charge is 0.355 e. The van der Waals surface area contributed by atoms with Gasteiger partial charge in [-0.15, -0.1) is 35.3 Å². The Morgan fingerprint density at radius 2 is 2.16 bits per heavy atom. The lowest BCUT2D eigenvalue weighted by Crippen LogP contribution is -2.42. The molecular formula is C12H21IN4OS. The maximum Gasteiger partial charge on any atom is 0.239 e. The molecule has 1 aromatic heterocycles. The smallest absolute Gasteiger partial charge is 0.239 e. The summed E-state index contributed by atoms with van der Waals surface area (Å²) >= 11 is 1.69. The van der Waals surface area contributed by atoms with Gasteiger partial charge in [0.25, 0.3) is 0 Å². The van der Waals surface area contributed by atoms with Gasteiger partial charge in [-0.25, -0.2) is 0 Å². The molecule has 0 aliphatic carbocycles. The van der Waals surface area contributed by atoms with Gasteiger partial charge in [-0.2, -0.15) is 0 Å². The summed E-state index contributed by atoms with van der Waals surface area (Å²) in [5.41, 5.74) is 0. The molecule has 0 aliphatic rings. The van der Waals surface area contributed by atoms with Crippen molar-refractivity contribution in [2.45, 2.75) is 19.9 Å². The number of rotatable bonds is 6. The van der Waals surface area contributed by atoms with E-state index in [2.05, 4.69) is 27.0 Å². The Morgan fingerprint density at radius 3 is 2.74 bits per heavy atom. The first-order valence-corrected chi connectivity index (χ1v) is 6.87. The first kappa shape index (κ1) is 18.2. The van der Waals surface area contributed by atoms with E-state index in [4.69, 9.17) is 0 Å². The number of amides is 1. The van der Waals surface area contributed by atoms with Gasteiger partial charge in [0.1, 0.15) is 0 Å². The molecule has 0 spiro atoms. The minimum atomic E-state index is -0.0177. The van der Waals surface area contributed by atoms with E-state index in [-0.39, 0.29) is 36.4 Å². The van der Waals surface area contributed by atoms with Crippen LogP contribution < -0.4 is 16.0 Å². The van der Waals surface area contributed by atoms with E-state index in [1.54, 1.807) is 18.4 Å². The molecule has 1 heterocycles. The maximum atomic E-state index is 11.4. The molecule has 5 nitrogen and oxygen atoms in total. The van der Waals surface area contributed by atoms with Gasteiger partial charge >= 0.3 is 0 Å². The third-order valence-electron chi connectivity index (χ3n) is 2.22. The summed E-state index contributed by atoms with van der Waals surface area (Å²) in [5.74, 6) is 0.617. The first-order valence-electron chi connectivity index (χ1n) is 5.99. The van der Waals surface area contributed by atoms with Crippen LogP contribution in [0.3, 0.4) is 0 Å². The second-order valence-electron chi connectivity index (χ2n) is 3.71. The normalized spacial score (nSPS) is 10.5. The molecule has 0 saturated heterocycles. The van der Waals surface area contributed by atoms with Gasteiger partial charge in [0.05, 0.1) is 13.1 Å². The Kier molecular flexibility index (Phi) is 10.6. The average molecular weight is 396 g/mol. The molecule has 0 fully saturated rings. The Balaban J connectivity index is 0.00000324. The fraction of sp³-hybridized carbons (Fsp3) is 0.500. The van der Waals surface area contributed by atoms with Gasteiger partial charge in [0.15, 0.2) is 5.96 Å². The molecule has 7 heteroatoms. The van der Waals surface area contributed by atoms with E-state index in [0.717, 1.165) is 6.42 Å². The number of guanidine groups is 1. The van der Waals surface area contributed by atoms with Crippen molar-refractivity contribution in [3.8, 4) is 0 Å². The van der Waals surface area contributed by atoms with E-state index < -0.39 is 0 Å². The highest BCUT2D eigenvalue weighted by molar-refractivity contribution is 14.0. The summed E-state index contributed by atoms with van der Waals surface area (Å²) in [6.07, 6.45) is 0.942.